The second-order valence-corrected chi connectivity index (χ2v) is 2.93. The standard InChI is InChI=1S/C8H14N4O/c1-3-4-8(13)12(2)5-7-9-6-10-11-7/h6H,3-5H2,1-2H3,(H,9,10,11). The van der Waals surface area contributed by atoms with Crippen molar-refractivity contribution in [3.8, 4) is 0 Å². The number of nitrogens with zero attached hydrogens (tertiary/aromatic N) is 3. The van der Waals surface area contributed by atoms with E-state index in [2.05, 4.69) is 15.2 Å². The summed E-state index contributed by atoms with van der Waals surface area (Å²) in [5.74, 6) is 0.853. The summed E-state index contributed by atoms with van der Waals surface area (Å²) < 4.78 is 0. The van der Waals surface area contributed by atoms with Gasteiger partial charge in [-0.25, -0.2) is 4.98 Å². The Balaban J connectivity index is 2.41. The minimum atomic E-state index is 0.138. The summed E-state index contributed by atoms with van der Waals surface area (Å²) in [6.45, 7) is 2.49. The molecule has 0 spiro atoms. The van der Waals surface area contributed by atoms with E-state index >= 15 is 0 Å². The maximum absolute atomic E-state index is 11.3. The quantitative estimate of drug-likeness (QED) is 0.740. The molecular formula is C8H14N4O. The zero-order chi connectivity index (χ0) is 9.68. The fourth-order valence-corrected chi connectivity index (χ4v) is 1.02. The van der Waals surface area contributed by atoms with Crippen molar-refractivity contribution in [3.05, 3.63) is 12.2 Å². The zero-order valence-corrected chi connectivity index (χ0v) is 7.95. The monoisotopic (exact) mass is 182 g/mol. The van der Waals surface area contributed by atoms with Gasteiger partial charge < -0.3 is 4.90 Å². The normalized spacial score (nSPS) is 10.0. The van der Waals surface area contributed by atoms with Crippen molar-refractivity contribution in [2.24, 2.45) is 0 Å². The summed E-state index contributed by atoms with van der Waals surface area (Å²) >= 11 is 0. The number of aromatic amines is 1. The van der Waals surface area contributed by atoms with Gasteiger partial charge in [-0.15, -0.1) is 0 Å². The maximum Gasteiger partial charge on any atom is 0.222 e. The van der Waals surface area contributed by atoms with Gasteiger partial charge in [0.25, 0.3) is 0 Å². The number of amides is 1. The largest absolute Gasteiger partial charge is 0.338 e. The molecular weight excluding hydrogens is 168 g/mol. The highest BCUT2D eigenvalue weighted by Gasteiger charge is 2.08. The van der Waals surface area contributed by atoms with Gasteiger partial charge in [-0.1, -0.05) is 6.92 Å². The van der Waals surface area contributed by atoms with Crippen LogP contribution >= 0.6 is 0 Å². The van der Waals surface area contributed by atoms with Gasteiger partial charge in [-0.2, -0.15) is 5.10 Å². The molecule has 1 aromatic heterocycles. The fraction of sp³-hybridized carbons (Fsp3) is 0.625. The van der Waals surface area contributed by atoms with Gasteiger partial charge >= 0.3 is 0 Å². The van der Waals surface area contributed by atoms with E-state index in [-0.39, 0.29) is 5.91 Å². The maximum atomic E-state index is 11.3. The molecule has 0 bridgehead atoms. The van der Waals surface area contributed by atoms with Crippen LogP contribution in [0.2, 0.25) is 0 Å². The number of rotatable bonds is 4. The summed E-state index contributed by atoms with van der Waals surface area (Å²) in [6, 6.07) is 0. The van der Waals surface area contributed by atoms with Crippen LogP contribution in [0, 0.1) is 0 Å². The second-order valence-electron chi connectivity index (χ2n) is 2.93. The third-order valence-corrected chi connectivity index (χ3v) is 1.74. The lowest BCUT2D eigenvalue weighted by molar-refractivity contribution is -0.130. The van der Waals surface area contributed by atoms with Gasteiger partial charge in [0.05, 0.1) is 6.54 Å². The first-order valence-electron chi connectivity index (χ1n) is 4.32. The Morgan fingerprint density at radius 1 is 1.69 bits per heavy atom. The topological polar surface area (TPSA) is 61.9 Å². The first kappa shape index (κ1) is 9.70. The van der Waals surface area contributed by atoms with Crippen LogP contribution in [0.1, 0.15) is 25.6 Å². The van der Waals surface area contributed by atoms with Crippen molar-refractivity contribution < 1.29 is 4.79 Å². The highest BCUT2D eigenvalue weighted by atomic mass is 16.2. The van der Waals surface area contributed by atoms with Crippen LogP contribution in [-0.4, -0.2) is 33.0 Å². The second kappa shape index (κ2) is 4.59. The lowest BCUT2D eigenvalue weighted by atomic mass is 10.3. The van der Waals surface area contributed by atoms with Crippen molar-refractivity contribution in [1.29, 1.82) is 0 Å². The Hall–Kier alpha value is -1.39. The van der Waals surface area contributed by atoms with Crippen molar-refractivity contribution in [2.45, 2.75) is 26.3 Å². The molecule has 1 amide bonds. The summed E-state index contributed by atoms with van der Waals surface area (Å²) in [6.07, 6.45) is 2.90. The molecule has 0 atom stereocenters. The Morgan fingerprint density at radius 3 is 3.00 bits per heavy atom. The molecule has 0 aromatic carbocycles. The molecule has 0 aliphatic heterocycles. The Kier molecular flexibility index (Phi) is 3.42. The first-order chi connectivity index (χ1) is 6.24. The molecule has 0 aliphatic rings. The smallest absolute Gasteiger partial charge is 0.222 e. The molecule has 0 aliphatic carbocycles. The molecule has 0 unspecified atom stereocenters. The first-order valence-corrected chi connectivity index (χ1v) is 4.32. The van der Waals surface area contributed by atoms with E-state index in [0.717, 1.165) is 6.42 Å². The van der Waals surface area contributed by atoms with E-state index in [9.17, 15) is 4.79 Å². The summed E-state index contributed by atoms with van der Waals surface area (Å²) in [7, 11) is 1.76. The van der Waals surface area contributed by atoms with Crippen LogP contribution in [0.25, 0.3) is 0 Å². The molecule has 0 fully saturated rings. The van der Waals surface area contributed by atoms with E-state index in [1.165, 1.54) is 6.33 Å². The van der Waals surface area contributed by atoms with Crippen LogP contribution in [-0.2, 0) is 11.3 Å². The van der Waals surface area contributed by atoms with Crippen molar-refractivity contribution in [3.63, 3.8) is 0 Å². The van der Waals surface area contributed by atoms with E-state index < -0.39 is 0 Å². The van der Waals surface area contributed by atoms with Gasteiger partial charge in [-0.3, -0.25) is 9.89 Å². The van der Waals surface area contributed by atoms with Gasteiger partial charge in [-0.05, 0) is 6.42 Å². The molecule has 0 saturated heterocycles. The molecule has 5 heteroatoms. The molecule has 1 heterocycles. The molecule has 13 heavy (non-hydrogen) atoms. The Labute approximate surface area is 77.2 Å². The summed E-state index contributed by atoms with van der Waals surface area (Å²) in [4.78, 5) is 16.9. The predicted octanol–water partition coefficient (Wildman–Crippen LogP) is 0.563. The molecule has 1 aromatic rings. The van der Waals surface area contributed by atoms with Crippen LogP contribution in [0.15, 0.2) is 6.33 Å². The van der Waals surface area contributed by atoms with E-state index in [4.69, 9.17) is 0 Å². The molecule has 72 valence electrons. The SMILES string of the molecule is CCCC(=O)N(C)Cc1ncn[nH]1. The van der Waals surface area contributed by atoms with Crippen molar-refractivity contribution in [1.82, 2.24) is 20.1 Å². The minimum Gasteiger partial charge on any atom is -0.338 e. The van der Waals surface area contributed by atoms with Gasteiger partial charge in [0.2, 0.25) is 5.91 Å². The molecule has 1 N–H and O–H groups in total. The van der Waals surface area contributed by atoms with Crippen LogP contribution < -0.4 is 0 Å². The van der Waals surface area contributed by atoms with E-state index in [0.29, 0.717) is 18.8 Å². The van der Waals surface area contributed by atoms with Gasteiger partial charge in [0, 0.05) is 13.5 Å². The molecule has 1 rings (SSSR count). The van der Waals surface area contributed by atoms with E-state index in [1.807, 2.05) is 6.92 Å². The fourth-order valence-electron chi connectivity index (χ4n) is 1.02. The summed E-state index contributed by atoms with van der Waals surface area (Å²) in [5.41, 5.74) is 0. The number of nitrogens with one attached hydrogen (secondary N) is 1. The average Bonchev–Trinajstić information content (AvgIpc) is 2.57. The number of hydrogen-bond acceptors (Lipinski definition) is 3. The van der Waals surface area contributed by atoms with Crippen LogP contribution in [0.5, 0.6) is 0 Å². The van der Waals surface area contributed by atoms with Crippen molar-refractivity contribution in [2.75, 3.05) is 7.05 Å². The lowest BCUT2D eigenvalue weighted by Gasteiger charge is -2.14. The molecule has 0 radical (unpaired) electrons. The number of carbonyl (C=O) groups is 1. The number of aromatic nitrogens is 3. The number of hydrogen-bond donors (Lipinski definition) is 1. The highest BCUT2D eigenvalue weighted by molar-refractivity contribution is 5.75. The minimum absolute atomic E-state index is 0.138. The third-order valence-electron chi connectivity index (χ3n) is 1.74. The number of H-pyrrole nitrogens is 1. The Morgan fingerprint density at radius 2 is 2.46 bits per heavy atom. The average molecular weight is 182 g/mol. The highest BCUT2D eigenvalue weighted by Crippen LogP contribution is 1.98. The van der Waals surface area contributed by atoms with Gasteiger partial charge in [0.15, 0.2) is 0 Å². The third kappa shape index (κ3) is 2.85. The molecule has 5 nitrogen and oxygen atoms in total. The summed E-state index contributed by atoms with van der Waals surface area (Å²) in [5, 5.41) is 6.42. The number of carbonyl (C=O) groups excluding carboxylic acids is 1. The lowest BCUT2D eigenvalue weighted by Crippen LogP contribution is -2.26. The van der Waals surface area contributed by atoms with E-state index in [1.54, 1.807) is 11.9 Å². The van der Waals surface area contributed by atoms with Crippen molar-refractivity contribution >= 4 is 5.91 Å². The Bertz CT molecular complexity index is 257. The van der Waals surface area contributed by atoms with Crippen LogP contribution in [0.4, 0.5) is 0 Å². The van der Waals surface area contributed by atoms with Gasteiger partial charge in [0.1, 0.15) is 12.2 Å². The predicted molar refractivity (Wildman–Crippen MR) is 47.8 cm³/mol. The van der Waals surface area contributed by atoms with Crippen LogP contribution in [0.3, 0.4) is 0 Å². The molecule has 0 saturated carbocycles. The zero-order valence-electron chi connectivity index (χ0n) is 7.95.